The van der Waals surface area contributed by atoms with Crippen LogP contribution in [0.25, 0.3) is 0 Å². The van der Waals surface area contributed by atoms with E-state index in [-0.39, 0.29) is 5.69 Å². The van der Waals surface area contributed by atoms with E-state index in [1.165, 1.54) is 12.1 Å². The number of nitro groups is 1. The molecule has 1 N–H and O–H groups in total. The fourth-order valence-corrected chi connectivity index (χ4v) is 1.91. The van der Waals surface area contributed by atoms with Crippen LogP contribution in [-0.4, -0.2) is 17.7 Å². The summed E-state index contributed by atoms with van der Waals surface area (Å²) in [6.45, 7) is 2.78. The summed E-state index contributed by atoms with van der Waals surface area (Å²) in [4.78, 5) is 10.3. The van der Waals surface area contributed by atoms with Gasteiger partial charge in [-0.25, -0.2) is 0 Å². The number of benzene rings is 2. The molecule has 0 aromatic heterocycles. The van der Waals surface area contributed by atoms with Crippen LogP contribution in [0.4, 0.5) is 11.4 Å². The van der Waals surface area contributed by atoms with Crippen molar-refractivity contribution in [3.8, 4) is 5.75 Å². The molecule has 0 spiro atoms. The van der Waals surface area contributed by atoms with E-state index >= 15 is 0 Å². The van der Waals surface area contributed by atoms with E-state index in [1.54, 1.807) is 18.3 Å². The fraction of sp³-hybridized carbons (Fsp3) is 0.235. The Bertz CT molecular complexity index is 686. The lowest BCUT2D eigenvalue weighted by Crippen LogP contribution is -2.00. The summed E-state index contributed by atoms with van der Waals surface area (Å²) in [6.07, 6.45) is 3.71. The summed E-state index contributed by atoms with van der Waals surface area (Å²) in [5, 5.41) is 14.9. The lowest BCUT2D eigenvalue weighted by Gasteiger charge is -2.08. The molecule has 0 atom stereocenters. The summed E-state index contributed by atoms with van der Waals surface area (Å²) in [5.74, 6) is 0.769. The number of hydrazone groups is 1. The first-order valence-electron chi connectivity index (χ1n) is 7.46. The van der Waals surface area contributed by atoms with Crippen LogP contribution in [0.3, 0.4) is 0 Å². The third-order valence-corrected chi connectivity index (χ3v) is 3.13. The van der Waals surface area contributed by atoms with Crippen LogP contribution >= 0.6 is 0 Å². The number of unbranched alkanes of at least 4 members (excludes halogenated alkanes) is 1. The Morgan fingerprint density at radius 3 is 2.87 bits per heavy atom. The number of nitro benzene ring substituents is 1. The molecular formula is C17H19N3O3. The first kappa shape index (κ1) is 16.5. The monoisotopic (exact) mass is 313 g/mol. The Labute approximate surface area is 134 Å². The molecule has 0 unspecified atom stereocenters. The van der Waals surface area contributed by atoms with Crippen LogP contribution in [0, 0.1) is 10.1 Å². The molecular weight excluding hydrogens is 294 g/mol. The lowest BCUT2D eigenvalue weighted by molar-refractivity contribution is -0.384. The maximum Gasteiger partial charge on any atom is 0.271 e. The summed E-state index contributed by atoms with van der Waals surface area (Å²) in [7, 11) is 0. The van der Waals surface area contributed by atoms with Gasteiger partial charge in [-0.1, -0.05) is 31.5 Å². The Morgan fingerprint density at radius 1 is 1.26 bits per heavy atom. The highest BCUT2D eigenvalue weighted by Crippen LogP contribution is 2.18. The zero-order valence-corrected chi connectivity index (χ0v) is 12.9. The number of nitrogens with zero attached hydrogens (tertiary/aromatic N) is 2. The molecule has 0 heterocycles. The predicted molar refractivity (Wildman–Crippen MR) is 91.2 cm³/mol. The van der Waals surface area contributed by atoms with Gasteiger partial charge < -0.3 is 4.74 Å². The second kappa shape index (κ2) is 8.53. The Morgan fingerprint density at radius 2 is 2.09 bits per heavy atom. The molecule has 0 aliphatic carbocycles. The van der Waals surface area contributed by atoms with Crippen molar-refractivity contribution in [2.45, 2.75) is 19.8 Å². The number of hydrogen-bond donors (Lipinski definition) is 1. The van der Waals surface area contributed by atoms with Crippen molar-refractivity contribution >= 4 is 17.6 Å². The van der Waals surface area contributed by atoms with Gasteiger partial charge in [0.1, 0.15) is 5.75 Å². The van der Waals surface area contributed by atoms with Crippen LogP contribution in [0.5, 0.6) is 5.75 Å². The molecule has 6 nitrogen and oxygen atoms in total. The van der Waals surface area contributed by atoms with Crippen molar-refractivity contribution in [3.05, 3.63) is 64.2 Å². The second-order valence-corrected chi connectivity index (χ2v) is 4.92. The molecule has 2 rings (SSSR count). The van der Waals surface area contributed by atoms with Crippen LogP contribution < -0.4 is 10.2 Å². The Hall–Kier alpha value is -2.89. The van der Waals surface area contributed by atoms with Gasteiger partial charge in [0, 0.05) is 17.7 Å². The molecule has 120 valence electrons. The minimum atomic E-state index is -0.439. The highest BCUT2D eigenvalue weighted by molar-refractivity contribution is 5.84. The van der Waals surface area contributed by atoms with Gasteiger partial charge >= 0.3 is 0 Å². The minimum absolute atomic E-state index is 0.0218. The number of ether oxygens (including phenoxy) is 1. The van der Waals surface area contributed by atoms with Crippen LogP contribution in [0.2, 0.25) is 0 Å². The average molecular weight is 313 g/mol. The van der Waals surface area contributed by atoms with Crippen molar-refractivity contribution in [2.24, 2.45) is 5.10 Å². The first-order chi connectivity index (χ1) is 11.2. The molecule has 0 radical (unpaired) electrons. The van der Waals surface area contributed by atoms with E-state index in [4.69, 9.17) is 4.74 Å². The molecule has 0 aliphatic rings. The lowest BCUT2D eigenvalue weighted by atomic mass is 10.2. The number of nitrogens with one attached hydrogen (secondary N) is 1. The van der Waals surface area contributed by atoms with Crippen molar-refractivity contribution in [3.63, 3.8) is 0 Å². The topological polar surface area (TPSA) is 76.8 Å². The molecule has 0 bridgehead atoms. The van der Waals surface area contributed by atoms with E-state index in [0.717, 1.165) is 24.2 Å². The Balaban J connectivity index is 2.03. The number of hydrogen-bond acceptors (Lipinski definition) is 5. The van der Waals surface area contributed by atoms with E-state index < -0.39 is 4.92 Å². The normalized spacial score (nSPS) is 10.7. The van der Waals surface area contributed by atoms with Crippen molar-refractivity contribution in [1.82, 2.24) is 0 Å². The number of anilines is 1. The number of para-hydroxylation sites is 1. The van der Waals surface area contributed by atoms with E-state index in [1.807, 2.05) is 24.3 Å². The zero-order chi connectivity index (χ0) is 16.5. The number of rotatable bonds is 8. The van der Waals surface area contributed by atoms with Gasteiger partial charge in [0.15, 0.2) is 0 Å². The molecule has 0 saturated heterocycles. The van der Waals surface area contributed by atoms with Crippen molar-refractivity contribution in [2.75, 3.05) is 12.0 Å². The molecule has 0 amide bonds. The Kier molecular flexibility index (Phi) is 6.11. The highest BCUT2D eigenvalue weighted by atomic mass is 16.6. The third kappa shape index (κ3) is 5.10. The quantitative estimate of drug-likeness (QED) is 0.342. The smallest absolute Gasteiger partial charge is 0.271 e. The molecule has 0 fully saturated rings. The average Bonchev–Trinajstić information content (AvgIpc) is 2.57. The molecule has 2 aromatic carbocycles. The van der Waals surface area contributed by atoms with E-state index in [9.17, 15) is 10.1 Å². The van der Waals surface area contributed by atoms with Crippen molar-refractivity contribution in [1.29, 1.82) is 0 Å². The van der Waals surface area contributed by atoms with Gasteiger partial charge in [0.05, 0.1) is 23.4 Å². The maximum absolute atomic E-state index is 10.7. The van der Waals surface area contributed by atoms with Gasteiger partial charge in [-0.05, 0) is 24.6 Å². The second-order valence-electron chi connectivity index (χ2n) is 4.92. The molecule has 0 saturated carbocycles. The minimum Gasteiger partial charge on any atom is -0.493 e. The standard InChI is InChI=1S/C17H19N3O3/c1-2-3-11-23-17-10-5-4-7-14(17)13-18-19-15-8-6-9-16(12-15)20(21)22/h4-10,12-13,19H,2-3,11H2,1H3. The van der Waals surface area contributed by atoms with E-state index in [0.29, 0.717) is 12.3 Å². The fourth-order valence-electron chi connectivity index (χ4n) is 1.91. The summed E-state index contributed by atoms with van der Waals surface area (Å²) in [6, 6.07) is 13.8. The van der Waals surface area contributed by atoms with Gasteiger partial charge in [0.2, 0.25) is 0 Å². The van der Waals surface area contributed by atoms with Gasteiger partial charge in [-0.15, -0.1) is 0 Å². The highest BCUT2D eigenvalue weighted by Gasteiger charge is 2.05. The van der Waals surface area contributed by atoms with Crippen LogP contribution in [0.15, 0.2) is 53.6 Å². The summed E-state index contributed by atoms with van der Waals surface area (Å²) < 4.78 is 5.72. The molecule has 6 heteroatoms. The largest absolute Gasteiger partial charge is 0.493 e. The molecule has 2 aromatic rings. The maximum atomic E-state index is 10.7. The summed E-state index contributed by atoms with van der Waals surface area (Å²) >= 11 is 0. The van der Waals surface area contributed by atoms with Gasteiger partial charge in [0.25, 0.3) is 5.69 Å². The van der Waals surface area contributed by atoms with Gasteiger partial charge in [-0.3, -0.25) is 15.5 Å². The zero-order valence-electron chi connectivity index (χ0n) is 12.9. The van der Waals surface area contributed by atoms with Crippen LogP contribution in [-0.2, 0) is 0 Å². The number of non-ortho nitro benzene ring substituents is 1. The van der Waals surface area contributed by atoms with E-state index in [2.05, 4.69) is 17.5 Å². The predicted octanol–water partition coefficient (Wildman–Crippen LogP) is 4.22. The summed E-state index contributed by atoms with van der Waals surface area (Å²) in [5.41, 5.74) is 4.22. The molecule has 23 heavy (non-hydrogen) atoms. The SMILES string of the molecule is CCCCOc1ccccc1C=NNc1cccc([N+](=O)[O-])c1. The van der Waals surface area contributed by atoms with Crippen LogP contribution in [0.1, 0.15) is 25.3 Å². The first-order valence-corrected chi connectivity index (χ1v) is 7.46. The third-order valence-electron chi connectivity index (χ3n) is 3.13. The van der Waals surface area contributed by atoms with Crippen molar-refractivity contribution < 1.29 is 9.66 Å². The molecule has 0 aliphatic heterocycles. The van der Waals surface area contributed by atoms with Gasteiger partial charge in [-0.2, -0.15) is 5.10 Å².